The first-order valence-corrected chi connectivity index (χ1v) is 10.1. The van der Waals surface area contributed by atoms with Crippen LogP contribution in [0.2, 0.25) is 0 Å². The summed E-state index contributed by atoms with van der Waals surface area (Å²) >= 11 is 0. The molecule has 0 amide bonds. The van der Waals surface area contributed by atoms with E-state index in [0.29, 0.717) is 6.61 Å². The maximum atomic E-state index is 5.90. The van der Waals surface area contributed by atoms with E-state index in [0.717, 1.165) is 17.1 Å². The van der Waals surface area contributed by atoms with Gasteiger partial charge >= 0.3 is 0 Å². The summed E-state index contributed by atoms with van der Waals surface area (Å²) in [5.41, 5.74) is 4.58. The van der Waals surface area contributed by atoms with Crippen LogP contribution in [0.25, 0.3) is 5.69 Å². The number of pyridine rings is 1. The van der Waals surface area contributed by atoms with Gasteiger partial charge in [0, 0.05) is 17.8 Å². The van der Waals surface area contributed by atoms with Crippen molar-refractivity contribution in [3.05, 3.63) is 102 Å². The van der Waals surface area contributed by atoms with Crippen LogP contribution in [0.15, 0.2) is 85.6 Å². The van der Waals surface area contributed by atoms with Gasteiger partial charge in [-0.05, 0) is 52.9 Å². The van der Waals surface area contributed by atoms with Crippen LogP contribution in [0.5, 0.6) is 5.75 Å². The van der Waals surface area contributed by atoms with Crippen molar-refractivity contribution in [3.63, 3.8) is 0 Å². The summed E-state index contributed by atoms with van der Waals surface area (Å²) in [5.74, 6) is 1.11. The highest BCUT2D eigenvalue weighted by Gasteiger charge is 2.28. The largest absolute Gasteiger partial charge is 0.487 e. The molecule has 1 unspecified atom stereocenters. The maximum Gasteiger partial charge on any atom is 0.130 e. The Labute approximate surface area is 177 Å². The lowest BCUT2D eigenvalue weighted by atomic mass is 9.72. The van der Waals surface area contributed by atoms with Crippen molar-refractivity contribution in [2.75, 3.05) is 0 Å². The summed E-state index contributed by atoms with van der Waals surface area (Å²) in [6.07, 6.45) is 5.20. The first kappa shape index (κ1) is 19.8. The number of aromatic nitrogens is 4. The molecule has 0 fully saturated rings. The Morgan fingerprint density at radius 1 is 0.833 bits per heavy atom. The number of hydrogen-bond donors (Lipinski definition) is 0. The predicted octanol–water partition coefficient (Wildman–Crippen LogP) is 5.42. The van der Waals surface area contributed by atoms with Crippen molar-refractivity contribution in [1.82, 2.24) is 19.7 Å². The van der Waals surface area contributed by atoms with Gasteiger partial charge in [-0.15, -0.1) is 10.2 Å². The second-order valence-electron chi connectivity index (χ2n) is 8.44. The van der Waals surface area contributed by atoms with Gasteiger partial charge in [0.05, 0.1) is 5.69 Å². The number of benzene rings is 2. The molecule has 0 aliphatic rings. The maximum absolute atomic E-state index is 5.90. The van der Waals surface area contributed by atoms with Crippen LogP contribution in [0.1, 0.15) is 43.5 Å². The molecule has 30 heavy (non-hydrogen) atoms. The predicted molar refractivity (Wildman–Crippen MR) is 118 cm³/mol. The van der Waals surface area contributed by atoms with Gasteiger partial charge in [-0.2, -0.15) is 0 Å². The van der Waals surface area contributed by atoms with Gasteiger partial charge in [-0.3, -0.25) is 9.55 Å². The van der Waals surface area contributed by atoms with Crippen LogP contribution >= 0.6 is 0 Å². The molecule has 2 aromatic heterocycles. The van der Waals surface area contributed by atoms with Crippen LogP contribution in [-0.2, 0) is 6.61 Å². The second-order valence-corrected chi connectivity index (χ2v) is 8.44. The van der Waals surface area contributed by atoms with Crippen molar-refractivity contribution in [3.8, 4) is 11.4 Å². The van der Waals surface area contributed by atoms with Crippen molar-refractivity contribution >= 4 is 0 Å². The van der Waals surface area contributed by atoms with E-state index in [1.54, 1.807) is 18.9 Å². The molecule has 4 rings (SSSR count). The molecule has 0 bridgehead atoms. The zero-order valence-corrected chi connectivity index (χ0v) is 17.6. The molecule has 1 atom stereocenters. The Kier molecular flexibility index (Phi) is 5.61. The van der Waals surface area contributed by atoms with Gasteiger partial charge in [-0.1, -0.05) is 51.1 Å². The van der Waals surface area contributed by atoms with E-state index in [4.69, 9.17) is 4.74 Å². The topological polar surface area (TPSA) is 52.8 Å². The third kappa shape index (κ3) is 4.57. The van der Waals surface area contributed by atoms with E-state index >= 15 is 0 Å². The Morgan fingerprint density at radius 3 is 2.03 bits per heavy atom. The summed E-state index contributed by atoms with van der Waals surface area (Å²) in [4.78, 5) is 4.30. The molecule has 152 valence electrons. The lowest BCUT2D eigenvalue weighted by Gasteiger charge is -2.32. The smallest absolute Gasteiger partial charge is 0.130 e. The number of rotatable bonds is 6. The average Bonchev–Trinajstić information content (AvgIpc) is 3.29. The molecule has 4 aromatic rings. The summed E-state index contributed by atoms with van der Waals surface area (Å²) in [6.45, 7) is 7.29. The Bertz CT molecular complexity index is 1050. The molecule has 0 spiro atoms. The fraction of sp³-hybridized carbons (Fsp3) is 0.240. The zero-order chi connectivity index (χ0) is 21.0. The van der Waals surface area contributed by atoms with E-state index in [9.17, 15) is 0 Å². The lowest BCUT2D eigenvalue weighted by Crippen LogP contribution is -2.19. The van der Waals surface area contributed by atoms with E-state index in [1.165, 1.54) is 11.1 Å². The normalized spacial score (nSPS) is 12.5. The third-order valence-electron chi connectivity index (χ3n) is 5.14. The Morgan fingerprint density at radius 2 is 1.47 bits per heavy atom. The fourth-order valence-electron chi connectivity index (χ4n) is 3.76. The minimum absolute atomic E-state index is 0.0639. The van der Waals surface area contributed by atoms with Gasteiger partial charge < -0.3 is 4.74 Å². The first-order chi connectivity index (χ1) is 14.5. The molecule has 0 saturated heterocycles. The zero-order valence-electron chi connectivity index (χ0n) is 17.6. The molecule has 0 saturated carbocycles. The monoisotopic (exact) mass is 398 g/mol. The van der Waals surface area contributed by atoms with E-state index in [-0.39, 0.29) is 11.3 Å². The van der Waals surface area contributed by atoms with Gasteiger partial charge in [0.25, 0.3) is 0 Å². The molecule has 5 nitrogen and oxygen atoms in total. The van der Waals surface area contributed by atoms with Gasteiger partial charge in [-0.25, -0.2) is 0 Å². The van der Waals surface area contributed by atoms with Gasteiger partial charge in [0.2, 0.25) is 0 Å². The van der Waals surface area contributed by atoms with Crippen LogP contribution in [-0.4, -0.2) is 19.7 Å². The molecule has 5 heteroatoms. The quantitative estimate of drug-likeness (QED) is 0.435. The molecule has 2 aromatic carbocycles. The summed E-state index contributed by atoms with van der Waals surface area (Å²) in [5, 5.41) is 7.77. The molecular formula is C25H26N4O. The lowest BCUT2D eigenvalue weighted by molar-refractivity contribution is 0.301. The molecular weight excluding hydrogens is 372 g/mol. The van der Waals surface area contributed by atoms with Crippen LogP contribution in [0.3, 0.4) is 0 Å². The van der Waals surface area contributed by atoms with Crippen molar-refractivity contribution < 1.29 is 4.74 Å². The number of nitrogens with zero attached hydrogens (tertiary/aromatic N) is 4. The fourth-order valence-corrected chi connectivity index (χ4v) is 3.76. The van der Waals surface area contributed by atoms with Gasteiger partial charge in [0.15, 0.2) is 0 Å². The highest BCUT2D eigenvalue weighted by molar-refractivity contribution is 5.41. The Balaban J connectivity index is 1.54. The van der Waals surface area contributed by atoms with Crippen molar-refractivity contribution in [2.24, 2.45) is 5.41 Å². The summed E-state index contributed by atoms with van der Waals surface area (Å²) in [6, 6.07) is 22.9. The Hall–Kier alpha value is -3.47. The molecule has 0 aliphatic carbocycles. The van der Waals surface area contributed by atoms with E-state index < -0.39 is 0 Å². The third-order valence-corrected chi connectivity index (χ3v) is 5.14. The number of ether oxygens (including phenoxy) is 1. The molecule has 0 aliphatic heterocycles. The average molecular weight is 399 g/mol. The minimum atomic E-state index is 0.0639. The van der Waals surface area contributed by atoms with Crippen LogP contribution < -0.4 is 4.74 Å². The highest BCUT2D eigenvalue weighted by Crippen LogP contribution is 2.41. The van der Waals surface area contributed by atoms with E-state index in [1.807, 2.05) is 34.9 Å². The molecule has 2 heterocycles. The summed E-state index contributed by atoms with van der Waals surface area (Å²) in [7, 11) is 0. The van der Waals surface area contributed by atoms with Gasteiger partial charge in [0.1, 0.15) is 25.0 Å². The SMILES string of the molecule is CC(C)(C)C(c1ccc(OCc2ccccn2)cc1)c1ccc(-n2cnnc2)cc1. The first-order valence-electron chi connectivity index (χ1n) is 10.1. The number of hydrogen-bond acceptors (Lipinski definition) is 4. The molecule has 0 radical (unpaired) electrons. The van der Waals surface area contributed by atoms with E-state index in [2.05, 4.69) is 72.4 Å². The second kappa shape index (κ2) is 8.49. The highest BCUT2D eigenvalue weighted by atomic mass is 16.5. The van der Waals surface area contributed by atoms with Crippen LogP contribution in [0.4, 0.5) is 0 Å². The summed E-state index contributed by atoms with van der Waals surface area (Å²) < 4.78 is 7.80. The van der Waals surface area contributed by atoms with Crippen molar-refractivity contribution in [2.45, 2.75) is 33.3 Å². The van der Waals surface area contributed by atoms with Crippen molar-refractivity contribution in [1.29, 1.82) is 0 Å². The molecule has 0 N–H and O–H groups in total. The standard InChI is InChI=1S/C25H26N4O/c1-25(2,3)24(19-7-11-22(12-8-19)29-17-27-28-18-29)20-9-13-23(14-10-20)30-16-21-6-4-5-15-26-21/h4-15,17-18,24H,16H2,1-3H3. The van der Waals surface area contributed by atoms with Crippen LogP contribution in [0, 0.1) is 5.41 Å². The minimum Gasteiger partial charge on any atom is -0.487 e.